The topological polar surface area (TPSA) is 42.2 Å². The standard InChI is InChI=1S/C15H17N3S/c1-10-4-7-12(8-5-10)18(3)15-13(14(16)19)9-6-11(2)17-15/h4-9H,1-3H3,(H2,16,19). The lowest BCUT2D eigenvalue weighted by atomic mass is 10.2. The molecule has 0 spiro atoms. The zero-order valence-electron chi connectivity index (χ0n) is 11.3. The molecule has 2 aromatic rings. The number of benzene rings is 1. The minimum Gasteiger partial charge on any atom is -0.389 e. The summed E-state index contributed by atoms with van der Waals surface area (Å²) in [4.78, 5) is 6.91. The van der Waals surface area contributed by atoms with Crippen LogP contribution in [0.4, 0.5) is 11.5 Å². The largest absolute Gasteiger partial charge is 0.389 e. The number of rotatable bonds is 3. The average molecular weight is 271 g/mol. The maximum Gasteiger partial charge on any atom is 0.143 e. The number of anilines is 2. The lowest BCUT2D eigenvalue weighted by Gasteiger charge is -2.21. The van der Waals surface area contributed by atoms with Gasteiger partial charge in [0.15, 0.2) is 0 Å². The van der Waals surface area contributed by atoms with E-state index in [-0.39, 0.29) is 0 Å². The van der Waals surface area contributed by atoms with Crippen LogP contribution >= 0.6 is 12.2 Å². The fraction of sp³-hybridized carbons (Fsp3) is 0.200. The summed E-state index contributed by atoms with van der Waals surface area (Å²) in [5, 5.41) is 0. The SMILES string of the molecule is Cc1ccc(N(C)c2nc(C)ccc2C(N)=S)cc1. The van der Waals surface area contributed by atoms with E-state index in [0.29, 0.717) is 4.99 Å². The van der Waals surface area contributed by atoms with Gasteiger partial charge in [-0.3, -0.25) is 0 Å². The van der Waals surface area contributed by atoms with Crippen LogP contribution in [0.2, 0.25) is 0 Å². The number of nitrogens with zero attached hydrogens (tertiary/aromatic N) is 2. The van der Waals surface area contributed by atoms with Gasteiger partial charge in [-0.05, 0) is 38.1 Å². The molecule has 2 rings (SSSR count). The van der Waals surface area contributed by atoms with E-state index in [9.17, 15) is 0 Å². The first-order valence-electron chi connectivity index (χ1n) is 6.07. The summed E-state index contributed by atoms with van der Waals surface area (Å²) in [6.45, 7) is 4.02. The van der Waals surface area contributed by atoms with Gasteiger partial charge in [-0.2, -0.15) is 0 Å². The highest BCUT2D eigenvalue weighted by Crippen LogP contribution is 2.25. The molecule has 0 aliphatic rings. The monoisotopic (exact) mass is 271 g/mol. The van der Waals surface area contributed by atoms with Crippen LogP contribution in [-0.4, -0.2) is 17.0 Å². The first-order chi connectivity index (χ1) is 8.99. The second-order valence-corrected chi connectivity index (χ2v) is 5.02. The molecule has 98 valence electrons. The Kier molecular flexibility index (Phi) is 3.81. The minimum atomic E-state index is 0.362. The molecule has 0 bridgehead atoms. The van der Waals surface area contributed by atoms with Gasteiger partial charge in [0.25, 0.3) is 0 Å². The summed E-state index contributed by atoms with van der Waals surface area (Å²) < 4.78 is 0. The Hall–Kier alpha value is -1.94. The van der Waals surface area contributed by atoms with Gasteiger partial charge in [-0.1, -0.05) is 29.9 Å². The fourth-order valence-corrected chi connectivity index (χ4v) is 2.04. The molecule has 0 atom stereocenters. The van der Waals surface area contributed by atoms with Crippen molar-refractivity contribution in [1.82, 2.24) is 4.98 Å². The number of pyridine rings is 1. The molecule has 1 aromatic heterocycles. The van der Waals surface area contributed by atoms with Crippen LogP contribution in [0.5, 0.6) is 0 Å². The van der Waals surface area contributed by atoms with E-state index < -0.39 is 0 Å². The minimum absolute atomic E-state index is 0.362. The molecule has 2 N–H and O–H groups in total. The Bertz CT molecular complexity index is 605. The Morgan fingerprint density at radius 2 is 1.74 bits per heavy atom. The van der Waals surface area contributed by atoms with Gasteiger partial charge < -0.3 is 10.6 Å². The molecule has 19 heavy (non-hydrogen) atoms. The van der Waals surface area contributed by atoms with Crippen LogP contribution < -0.4 is 10.6 Å². The molecule has 0 saturated carbocycles. The van der Waals surface area contributed by atoms with Crippen LogP contribution in [0.15, 0.2) is 36.4 Å². The second kappa shape index (κ2) is 5.36. The molecule has 0 saturated heterocycles. The molecule has 0 fully saturated rings. The summed E-state index contributed by atoms with van der Waals surface area (Å²) in [6.07, 6.45) is 0. The van der Waals surface area contributed by atoms with E-state index in [0.717, 1.165) is 22.8 Å². The molecule has 0 amide bonds. The van der Waals surface area contributed by atoms with Crippen molar-refractivity contribution in [3.05, 3.63) is 53.2 Å². The van der Waals surface area contributed by atoms with Crippen molar-refractivity contribution in [2.45, 2.75) is 13.8 Å². The van der Waals surface area contributed by atoms with Crippen LogP contribution in [0.1, 0.15) is 16.8 Å². The summed E-state index contributed by atoms with van der Waals surface area (Å²) in [6, 6.07) is 12.1. The van der Waals surface area contributed by atoms with Crippen molar-refractivity contribution < 1.29 is 0 Å². The normalized spacial score (nSPS) is 10.3. The molecule has 0 aliphatic carbocycles. The fourth-order valence-electron chi connectivity index (χ4n) is 1.88. The van der Waals surface area contributed by atoms with Gasteiger partial charge in [0, 0.05) is 18.4 Å². The molecule has 4 heteroatoms. The predicted molar refractivity (Wildman–Crippen MR) is 84.1 cm³/mol. The van der Waals surface area contributed by atoms with E-state index in [1.807, 2.05) is 31.0 Å². The number of hydrogen-bond donors (Lipinski definition) is 1. The summed E-state index contributed by atoms with van der Waals surface area (Å²) in [5.74, 6) is 0.788. The second-order valence-electron chi connectivity index (χ2n) is 4.58. The van der Waals surface area contributed by atoms with Gasteiger partial charge in [0.05, 0.1) is 5.56 Å². The van der Waals surface area contributed by atoms with Crippen molar-refractivity contribution in [3.63, 3.8) is 0 Å². The van der Waals surface area contributed by atoms with Crippen LogP contribution in [-0.2, 0) is 0 Å². The van der Waals surface area contributed by atoms with Crippen LogP contribution in [0, 0.1) is 13.8 Å². The van der Waals surface area contributed by atoms with Gasteiger partial charge in [0.2, 0.25) is 0 Å². The first kappa shape index (κ1) is 13.5. The average Bonchev–Trinajstić information content (AvgIpc) is 2.38. The third-order valence-electron chi connectivity index (χ3n) is 3.02. The molecule has 0 radical (unpaired) electrons. The molecule has 3 nitrogen and oxygen atoms in total. The Labute approximate surface area is 119 Å². The van der Waals surface area contributed by atoms with E-state index in [1.165, 1.54) is 5.56 Å². The number of nitrogens with two attached hydrogens (primary N) is 1. The van der Waals surface area contributed by atoms with Gasteiger partial charge in [0.1, 0.15) is 10.8 Å². The molecule has 0 aliphatic heterocycles. The van der Waals surface area contributed by atoms with Crippen molar-refractivity contribution in [1.29, 1.82) is 0 Å². The van der Waals surface area contributed by atoms with Gasteiger partial charge in [-0.15, -0.1) is 0 Å². The number of aryl methyl sites for hydroxylation is 2. The third-order valence-corrected chi connectivity index (χ3v) is 3.24. The Balaban J connectivity index is 2.48. The number of hydrogen-bond acceptors (Lipinski definition) is 3. The van der Waals surface area contributed by atoms with Crippen LogP contribution in [0.3, 0.4) is 0 Å². The zero-order valence-corrected chi connectivity index (χ0v) is 12.2. The summed E-state index contributed by atoms with van der Waals surface area (Å²) in [7, 11) is 1.97. The molecule has 1 aromatic carbocycles. The van der Waals surface area contributed by atoms with Gasteiger partial charge >= 0.3 is 0 Å². The predicted octanol–water partition coefficient (Wildman–Crippen LogP) is 3.10. The molecule has 0 unspecified atom stereocenters. The van der Waals surface area contributed by atoms with Crippen molar-refractivity contribution in [2.24, 2.45) is 5.73 Å². The van der Waals surface area contributed by atoms with Gasteiger partial charge in [-0.25, -0.2) is 4.98 Å². The molecular formula is C15H17N3S. The maximum atomic E-state index is 5.77. The third kappa shape index (κ3) is 2.90. The van der Waals surface area contributed by atoms with Crippen molar-refractivity contribution in [3.8, 4) is 0 Å². The molecular weight excluding hydrogens is 254 g/mol. The van der Waals surface area contributed by atoms with Crippen molar-refractivity contribution in [2.75, 3.05) is 11.9 Å². The molecule has 1 heterocycles. The highest BCUT2D eigenvalue weighted by atomic mass is 32.1. The highest BCUT2D eigenvalue weighted by Gasteiger charge is 2.13. The lowest BCUT2D eigenvalue weighted by Crippen LogP contribution is -2.19. The maximum absolute atomic E-state index is 5.77. The summed E-state index contributed by atoms with van der Waals surface area (Å²) >= 11 is 5.09. The van der Waals surface area contributed by atoms with E-state index >= 15 is 0 Å². The van der Waals surface area contributed by atoms with Crippen molar-refractivity contribution >= 4 is 28.7 Å². The summed E-state index contributed by atoms with van der Waals surface area (Å²) in [5.41, 5.74) is 9.79. The zero-order chi connectivity index (χ0) is 14.0. The van der Waals surface area contributed by atoms with E-state index in [1.54, 1.807) is 0 Å². The Morgan fingerprint density at radius 1 is 1.11 bits per heavy atom. The first-order valence-corrected chi connectivity index (χ1v) is 6.47. The highest BCUT2D eigenvalue weighted by molar-refractivity contribution is 7.80. The van der Waals surface area contributed by atoms with E-state index in [2.05, 4.69) is 36.2 Å². The number of aromatic nitrogens is 1. The van der Waals surface area contributed by atoms with E-state index in [4.69, 9.17) is 18.0 Å². The number of thiocarbonyl (C=S) groups is 1. The smallest absolute Gasteiger partial charge is 0.143 e. The lowest BCUT2D eigenvalue weighted by molar-refractivity contribution is 1.08. The van der Waals surface area contributed by atoms with Crippen LogP contribution in [0.25, 0.3) is 0 Å². The quantitative estimate of drug-likeness (QED) is 0.871. The Morgan fingerprint density at radius 3 is 2.32 bits per heavy atom.